The van der Waals surface area contributed by atoms with Gasteiger partial charge in [-0.2, -0.15) is 0 Å². The fourth-order valence-electron chi connectivity index (χ4n) is 1.64. The van der Waals surface area contributed by atoms with Crippen molar-refractivity contribution < 1.29 is 4.79 Å². The van der Waals surface area contributed by atoms with E-state index in [1.165, 1.54) is 7.05 Å². The molecule has 0 aliphatic carbocycles. The van der Waals surface area contributed by atoms with Crippen molar-refractivity contribution in [2.24, 2.45) is 0 Å². The number of nitrogens with two attached hydrogens (primary N) is 1. The van der Waals surface area contributed by atoms with Crippen LogP contribution in [-0.4, -0.2) is 22.9 Å². The molecule has 5 nitrogen and oxygen atoms in total. The van der Waals surface area contributed by atoms with E-state index in [1.807, 2.05) is 24.3 Å². The number of anilines is 1. The van der Waals surface area contributed by atoms with Gasteiger partial charge in [0, 0.05) is 17.9 Å². The lowest BCUT2D eigenvalue weighted by Crippen LogP contribution is -2.21. The van der Waals surface area contributed by atoms with E-state index >= 15 is 0 Å². The Morgan fingerprint density at radius 3 is 2.95 bits per heavy atom. The van der Waals surface area contributed by atoms with E-state index in [2.05, 4.69) is 31.2 Å². The van der Waals surface area contributed by atoms with E-state index in [4.69, 9.17) is 5.73 Å². The van der Waals surface area contributed by atoms with Crippen LogP contribution in [0.1, 0.15) is 16.1 Å². The fourth-order valence-corrected chi connectivity index (χ4v) is 1.99. The summed E-state index contributed by atoms with van der Waals surface area (Å²) in [6, 6.07) is 7.84. The molecule has 2 aromatic rings. The lowest BCUT2D eigenvalue weighted by molar-refractivity contribution is 0.0959. The van der Waals surface area contributed by atoms with Gasteiger partial charge in [0.1, 0.15) is 0 Å². The molecule has 19 heavy (non-hydrogen) atoms. The molecule has 0 saturated heterocycles. The van der Waals surface area contributed by atoms with Crippen LogP contribution in [0.4, 0.5) is 5.82 Å². The third-order valence-electron chi connectivity index (χ3n) is 2.62. The summed E-state index contributed by atoms with van der Waals surface area (Å²) in [6.07, 6.45) is 1.56. The summed E-state index contributed by atoms with van der Waals surface area (Å²) in [5, 5.41) is 3.25. The lowest BCUT2D eigenvalue weighted by Gasteiger charge is -2.07. The number of amides is 1. The number of alkyl halides is 1. The van der Waals surface area contributed by atoms with Crippen molar-refractivity contribution in [1.29, 1.82) is 0 Å². The number of rotatable bonds is 3. The summed E-state index contributed by atoms with van der Waals surface area (Å²) in [5.74, 6) is -0.219. The van der Waals surface area contributed by atoms with Gasteiger partial charge in [-0.25, -0.2) is 9.97 Å². The van der Waals surface area contributed by atoms with Crippen LogP contribution in [0.5, 0.6) is 0 Å². The smallest absolute Gasteiger partial charge is 0.273 e. The van der Waals surface area contributed by atoms with E-state index in [1.54, 1.807) is 6.20 Å². The number of benzene rings is 1. The average Bonchev–Trinajstić information content (AvgIpc) is 2.47. The van der Waals surface area contributed by atoms with E-state index in [9.17, 15) is 4.79 Å². The second-order valence-corrected chi connectivity index (χ2v) is 4.46. The molecule has 0 aliphatic rings. The lowest BCUT2D eigenvalue weighted by atomic mass is 10.1. The Balaban J connectivity index is 2.48. The van der Waals surface area contributed by atoms with Gasteiger partial charge in [0.05, 0.1) is 11.9 Å². The molecule has 0 radical (unpaired) electrons. The van der Waals surface area contributed by atoms with Crippen LogP contribution in [0.25, 0.3) is 11.3 Å². The Bertz CT molecular complexity index is 615. The van der Waals surface area contributed by atoms with Gasteiger partial charge in [-0.3, -0.25) is 4.79 Å². The monoisotopic (exact) mass is 320 g/mol. The molecule has 0 saturated carbocycles. The number of hydrogen-bond acceptors (Lipinski definition) is 4. The molecule has 0 atom stereocenters. The minimum atomic E-state index is -0.344. The third kappa shape index (κ3) is 2.90. The zero-order chi connectivity index (χ0) is 13.8. The Morgan fingerprint density at radius 2 is 2.26 bits per heavy atom. The minimum absolute atomic E-state index is 0.125. The topological polar surface area (TPSA) is 80.9 Å². The Labute approximate surface area is 119 Å². The van der Waals surface area contributed by atoms with Gasteiger partial charge >= 0.3 is 0 Å². The molecule has 0 spiro atoms. The van der Waals surface area contributed by atoms with Gasteiger partial charge in [-0.05, 0) is 11.6 Å². The largest absolute Gasteiger partial charge is 0.382 e. The minimum Gasteiger partial charge on any atom is -0.382 e. The first-order valence-corrected chi connectivity index (χ1v) is 6.77. The SMILES string of the molecule is CNC(=O)c1nc(-c2cccc(CBr)c2)cnc1N. The molecule has 1 aromatic heterocycles. The standard InChI is InChI=1S/C13H13BrN4O/c1-16-13(19)11-12(15)17-7-10(18-11)9-4-2-3-8(5-9)6-14/h2-5,7H,6H2,1H3,(H2,15,17)(H,16,19). The third-order valence-corrected chi connectivity index (χ3v) is 3.27. The quantitative estimate of drug-likeness (QED) is 0.847. The molecular formula is C13H13BrN4O. The number of nitrogens with one attached hydrogen (secondary N) is 1. The Morgan fingerprint density at radius 1 is 1.47 bits per heavy atom. The van der Waals surface area contributed by atoms with Crippen LogP contribution < -0.4 is 11.1 Å². The zero-order valence-corrected chi connectivity index (χ0v) is 11.9. The van der Waals surface area contributed by atoms with Crippen molar-refractivity contribution in [2.45, 2.75) is 5.33 Å². The van der Waals surface area contributed by atoms with Crippen LogP contribution in [-0.2, 0) is 5.33 Å². The second kappa shape index (κ2) is 5.79. The van der Waals surface area contributed by atoms with Gasteiger partial charge in [0.25, 0.3) is 5.91 Å². The highest BCUT2D eigenvalue weighted by molar-refractivity contribution is 9.08. The van der Waals surface area contributed by atoms with Crippen molar-refractivity contribution in [2.75, 3.05) is 12.8 Å². The van der Waals surface area contributed by atoms with Crippen molar-refractivity contribution in [1.82, 2.24) is 15.3 Å². The number of carbonyl (C=O) groups is 1. The van der Waals surface area contributed by atoms with Crippen molar-refractivity contribution >= 4 is 27.7 Å². The highest BCUT2D eigenvalue weighted by Gasteiger charge is 2.13. The second-order valence-electron chi connectivity index (χ2n) is 3.90. The molecule has 0 aliphatic heterocycles. The summed E-state index contributed by atoms with van der Waals surface area (Å²) in [7, 11) is 1.53. The Hall–Kier alpha value is -1.95. The number of carbonyl (C=O) groups excluding carboxylic acids is 1. The number of halogens is 1. The first kappa shape index (κ1) is 13.5. The maximum atomic E-state index is 11.6. The summed E-state index contributed by atoms with van der Waals surface area (Å²) >= 11 is 3.40. The molecule has 2 rings (SSSR count). The molecular weight excluding hydrogens is 308 g/mol. The van der Waals surface area contributed by atoms with Crippen molar-refractivity contribution in [3.05, 3.63) is 41.7 Å². The molecule has 1 heterocycles. The first-order valence-electron chi connectivity index (χ1n) is 5.65. The van der Waals surface area contributed by atoms with E-state index in [0.29, 0.717) is 5.69 Å². The molecule has 3 N–H and O–H groups in total. The summed E-state index contributed by atoms with van der Waals surface area (Å²) in [5.41, 5.74) is 8.44. The average molecular weight is 321 g/mol. The van der Waals surface area contributed by atoms with Gasteiger partial charge in [-0.1, -0.05) is 34.1 Å². The van der Waals surface area contributed by atoms with Crippen molar-refractivity contribution in [3.63, 3.8) is 0 Å². The number of nitrogens with zero attached hydrogens (tertiary/aromatic N) is 2. The molecule has 98 valence electrons. The van der Waals surface area contributed by atoms with Gasteiger partial charge in [0.15, 0.2) is 11.5 Å². The maximum Gasteiger partial charge on any atom is 0.273 e. The molecule has 0 fully saturated rings. The van der Waals surface area contributed by atoms with Gasteiger partial charge in [-0.15, -0.1) is 0 Å². The highest BCUT2D eigenvalue weighted by Crippen LogP contribution is 2.20. The number of aromatic nitrogens is 2. The Kier molecular flexibility index (Phi) is 4.11. The maximum absolute atomic E-state index is 11.6. The van der Waals surface area contributed by atoms with Gasteiger partial charge in [0.2, 0.25) is 0 Å². The highest BCUT2D eigenvalue weighted by atomic mass is 79.9. The van der Waals surface area contributed by atoms with Crippen LogP contribution in [0.3, 0.4) is 0 Å². The molecule has 6 heteroatoms. The van der Waals surface area contributed by atoms with Crippen LogP contribution in [0.2, 0.25) is 0 Å². The fraction of sp³-hybridized carbons (Fsp3) is 0.154. The molecule has 0 unspecified atom stereocenters. The number of nitrogen functional groups attached to an aromatic ring is 1. The molecule has 1 aromatic carbocycles. The van der Waals surface area contributed by atoms with E-state index in [-0.39, 0.29) is 17.4 Å². The molecule has 0 bridgehead atoms. The summed E-state index contributed by atoms with van der Waals surface area (Å²) < 4.78 is 0. The first-order chi connectivity index (χ1) is 9.15. The summed E-state index contributed by atoms with van der Waals surface area (Å²) in [6.45, 7) is 0. The number of hydrogen-bond donors (Lipinski definition) is 2. The zero-order valence-electron chi connectivity index (χ0n) is 10.4. The summed E-state index contributed by atoms with van der Waals surface area (Å²) in [4.78, 5) is 19.9. The normalized spacial score (nSPS) is 10.2. The van der Waals surface area contributed by atoms with E-state index < -0.39 is 0 Å². The van der Waals surface area contributed by atoms with Crippen LogP contribution >= 0.6 is 15.9 Å². The van der Waals surface area contributed by atoms with Crippen LogP contribution in [0, 0.1) is 0 Å². The van der Waals surface area contributed by atoms with Gasteiger partial charge < -0.3 is 11.1 Å². The molecule has 1 amide bonds. The van der Waals surface area contributed by atoms with Crippen molar-refractivity contribution in [3.8, 4) is 11.3 Å². The van der Waals surface area contributed by atoms with Crippen LogP contribution in [0.15, 0.2) is 30.5 Å². The predicted octanol–water partition coefficient (Wildman–Crippen LogP) is 1.98. The van der Waals surface area contributed by atoms with E-state index in [0.717, 1.165) is 16.5 Å². The predicted molar refractivity (Wildman–Crippen MR) is 77.9 cm³/mol.